The Kier molecular flexibility index (Phi) is 6.19. The van der Waals surface area contributed by atoms with Gasteiger partial charge < -0.3 is 13.8 Å². The van der Waals surface area contributed by atoms with Gasteiger partial charge in [-0.15, -0.1) is 0 Å². The number of rotatable bonds is 8. The fourth-order valence-electron chi connectivity index (χ4n) is 2.93. The number of esters is 1. The molecular formula is C20H23N3O5S. The molecule has 154 valence electrons. The van der Waals surface area contributed by atoms with Gasteiger partial charge in [0.2, 0.25) is 10.0 Å². The van der Waals surface area contributed by atoms with Gasteiger partial charge in [0.05, 0.1) is 0 Å². The van der Waals surface area contributed by atoms with Gasteiger partial charge in [-0.3, -0.25) is 0 Å². The SMILES string of the molecule is CCN(CC)S(=O)(=O)c1cc(C(=O)OCc2cc(-c3ccccc3)no2)n(C)c1. The molecule has 0 atom stereocenters. The molecule has 0 aliphatic rings. The molecule has 0 amide bonds. The number of nitrogens with zero attached hydrogens (tertiary/aromatic N) is 3. The van der Waals surface area contributed by atoms with Crippen molar-refractivity contribution >= 4 is 16.0 Å². The number of ether oxygens (including phenoxy) is 1. The molecular weight excluding hydrogens is 394 g/mol. The minimum Gasteiger partial charge on any atom is -0.453 e. The Hall–Kier alpha value is -2.91. The van der Waals surface area contributed by atoms with Crippen LogP contribution in [-0.4, -0.2) is 41.5 Å². The molecule has 2 aromatic heterocycles. The van der Waals surface area contributed by atoms with Gasteiger partial charge in [-0.1, -0.05) is 49.3 Å². The number of hydrogen-bond acceptors (Lipinski definition) is 6. The molecule has 0 bridgehead atoms. The third-order valence-corrected chi connectivity index (χ3v) is 6.52. The number of sulfonamides is 1. The fraction of sp³-hybridized carbons (Fsp3) is 0.300. The zero-order valence-electron chi connectivity index (χ0n) is 16.5. The first-order valence-electron chi connectivity index (χ1n) is 9.21. The van der Waals surface area contributed by atoms with Crippen LogP contribution in [0.25, 0.3) is 11.3 Å². The molecule has 0 spiro atoms. The van der Waals surface area contributed by atoms with Crippen molar-refractivity contribution in [2.45, 2.75) is 25.3 Å². The number of aromatic nitrogens is 2. The van der Waals surface area contributed by atoms with Gasteiger partial charge in [0.1, 0.15) is 16.3 Å². The van der Waals surface area contributed by atoms with E-state index in [4.69, 9.17) is 9.26 Å². The second kappa shape index (κ2) is 8.62. The minimum absolute atomic E-state index is 0.0571. The van der Waals surface area contributed by atoms with Gasteiger partial charge in [-0.2, -0.15) is 4.31 Å². The maximum Gasteiger partial charge on any atom is 0.355 e. The lowest BCUT2D eigenvalue weighted by molar-refractivity contribution is 0.0426. The van der Waals surface area contributed by atoms with Gasteiger partial charge in [-0.25, -0.2) is 13.2 Å². The molecule has 3 rings (SSSR count). The van der Waals surface area contributed by atoms with Gasteiger partial charge in [0.15, 0.2) is 12.4 Å². The van der Waals surface area contributed by atoms with Crippen LogP contribution in [0.5, 0.6) is 0 Å². The molecule has 0 aliphatic carbocycles. The van der Waals surface area contributed by atoms with Gasteiger partial charge >= 0.3 is 5.97 Å². The summed E-state index contributed by atoms with van der Waals surface area (Å²) in [4.78, 5) is 12.5. The Balaban J connectivity index is 1.71. The van der Waals surface area contributed by atoms with Crippen LogP contribution in [0.1, 0.15) is 30.1 Å². The molecule has 3 aromatic rings. The average Bonchev–Trinajstić information content (AvgIpc) is 3.35. The van der Waals surface area contributed by atoms with Crippen molar-refractivity contribution in [3.05, 3.63) is 60.1 Å². The Labute approximate surface area is 169 Å². The highest BCUT2D eigenvalue weighted by molar-refractivity contribution is 7.89. The molecule has 0 saturated heterocycles. The predicted octanol–water partition coefficient (Wildman–Crippen LogP) is 3.07. The first-order chi connectivity index (χ1) is 13.9. The summed E-state index contributed by atoms with van der Waals surface area (Å²) in [5, 5.41) is 3.97. The summed E-state index contributed by atoms with van der Waals surface area (Å²) in [5.41, 5.74) is 1.67. The molecule has 0 radical (unpaired) electrons. The van der Waals surface area contributed by atoms with Crippen molar-refractivity contribution in [1.29, 1.82) is 0 Å². The highest BCUT2D eigenvalue weighted by Crippen LogP contribution is 2.21. The monoisotopic (exact) mass is 417 g/mol. The average molecular weight is 417 g/mol. The molecule has 1 aromatic carbocycles. The molecule has 29 heavy (non-hydrogen) atoms. The van der Waals surface area contributed by atoms with Gasteiger partial charge in [-0.05, 0) is 6.07 Å². The van der Waals surface area contributed by atoms with Crippen molar-refractivity contribution in [2.75, 3.05) is 13.1 Å². The molecule has 0 saturated carbocycles. The summed E-state index contributed by atoms with van der Waals surface area (Å²) in [6.45, 7) is 4.12. The first-order valence-corrected chi connectivity index (χ1v) is 10.7. The fourth-order valence-corrected chi connectivity index (χ4v) is 4.46. The third-order valence-electron chi connectivity index (χ3n) is 4.51. The largest absolute Gasteiger partial charge is 0.453 e. The van der Waals surface area contributed by atoms with Crippen LogP contribution in [-0.2, 0) is 28.4 Å². The maximum absolute atomic E-state index is 12.6. The lowest BCUT2D eigenvalue weighted by Crippen LogP contribution is -2.30. The van der Waals surface area contributed by atoms with Crippen LogP contribution >= 0.6 is 0 Å². The van der Waals surface area contributed by atoms with E-state index >= 15 is 0 Å². The van der Waals surface area contributed by atoms with Crippen LogP contribution in [0.3, 0.4) is 0 Å². The normalized spacial score (nSPS) is 11.7. The zero-order valence-corrected chi connectivity index (χ0v) is 17.3. The van der Waals surface area contributed by atoms with Crippen molar-refractivity contribution in [3.63, 3.8) is 0 Å². The van der Waals surface area contributed by atoms with Crippen molar-refractivity contribution in [1.82, 2.24) is 14.0 Å². The third kappa shape index (κ3) is 4.41. The Bertz CT molecular complexity index is 1080. The molecule has 0 unspecified atom stereocenters. The minimum atomic E-state index is -3.65. The summed E-state index contributed by atoms with van der Waals surface area (Å²) >= 11 is 0. The number of benzene rings is 1. The highest BCUT2D eigenvalue weighted by Gasteiger charge is 2.26. The first kappa shape index (κ1) is 20.8. The Morgan fingerprint density at radius 3 is 2.52 bits per heavy atom. The van der Waals surface area contributed by atoms with Crippen LogP contribution in [0.4, 0.5) is 0 Å². The second-order valence-corrected chi connectivity index (χ2v) is 8.32. The number of carbonyl (C=O) groups is 1. The number of aryl methyl sites for hydroxylation is 1. The van der Waals surface area contributed by atoms with E-state index < -0.39 is 16.0 Å². The summed E-state index contributed by atoms with van der Waals surface area (Å²) < 4.78 is 38.5. The van der Waals surface area contributed by atoms with E-state index in [9.17, 15) is 13.2 Å². The number of carbonyl (C=O) groups excluding carboxylic acids is 1. The summed E-state index contributed by atoms with van der Waals surface area (Å²) in [5.74, 6) is -0.256. The second-order valence-electron chi connectivity index (χ2n) is 6.38. The predicted molar refractivity (Wildman–Crippen MR) is 107 cm³/mol. The topological polar surface area (TPSA) is 94.6 Å². The zero-order chi connectivity index (χ0) is 21.0. The van der Waals surface area contributed by atoms with E-state index in [0.29, 0.717) is 24.5 Å². The Morgan fingerprint density at radius 1 is 1.17 bits per heavy atom. The molecule has 8 nitrogen and oxygen atoms in total. The lowest BCUT2D eigenvalue weighted by Gasteiger charge is -2.17. The molecule has 9 heteroatoms. The molecule has 0 N–H and O–H groups in total. The van der Waals surface area contributed by atoms with Crippen LogP contribution < -0.4 is 0 Å². The maximum atomic E-state index is 12.6. The summed E-state index contributed by atoms with van der Waals surface area (Å²) in [7, 11) is -2.06. The van der Waals surface area contributed by atoms with E-state index in [1.165, 1.54) is 21.1 Å². The Morgan fingerprint density at radius 2 is 1.86 bits per heavy atom. The molecule has 2 heterocycles. The van der Waals surface area contributed by atoms with E-state index in [2.05, 4.69) is 5.16 Å². The van der Waals surface area contributed by atoms with Crippen LogP contribution in [0.2, 0.25) is 0 Å². The summed E-state index contributed by atoms with van der Waals surface area (Å²) in [6, 6.07) is 12.5. The molecule has 0 fully saturated rings. The van der Waals surface area contributed by atoms with Crippen molar-refractivity contribution < 1.29 is 22.5 Å². The van der Waals surface area contributed by atoms with E-state index in [1.54, 1.807) is 27.0 Å². The van der Waals surface area contributed by atoms with Crippen molar-refractivity contribution in [3.8, 4) is 11.3 Å². The van der Waals surface area contributed by atoms with Crippen LogP contribution in [0.15, 0.2) is 58.1 Å². The lowest BCUT2D eigenvalue weighted by atomic mass is 10.1. The van der Waals surface area contributed by atoms with E-state index in [0.717, 1.165) is 5.56 Å². The van der Waals surface area contributed by atoms with E-state index in [-0.39, 0.29) is 17.2 Å². The summed E-state index contributed by atoms with van der Waals surface area (Å²) in [6.07, 6.45) is 1.41. The van der Waals surface area contributed by atoms with Gasteiger partial charge in [0.25, 0.3) is 0 Å². The quantitative estimate of drug-likeness (QED) is 0.523. The highest BCUT2D eigenvalue weighted by atomic mass is 32.2. The van der Waals surface area contributed by atoms with Crippen LogP contribution in [0, 0.1) is 0 Å². The van der Waals surface area contributed by atoms with Crippen molar-refractivity contribution in [2.24, 2.45) is 7.05 Å². The molecule has 0 aliphatic heterocycles. The standard InChI is InChI=1S/C20H23N3O5S/c1-4-23(5-2)29(25,26)17-12-19(22(3)13-17)20(24)27-14-16-11-18(21-28-16)15-9-7-6-8-10-15/h6-13H,4-5,14H2,1-3H3. The van der Waals surface area contributed by atoms with Gasteiger partial charge in [0, 0.05) is 38.0 Å². The van der Waals surface area contributed by atoms with E-state index in [1.807, 2.05) is 30.3 Å². The number of hydrogen-bond donors (Lipinski definition) is 0. The smallest absolute Gasteiger partial charge is 0.355 e.